The predicted molar refractivity (Wildman–Crippen MR) is 142 cm³/mol. The standard InChI is InChI=1S/C28H22Cl2N4O3/c29-22-10-31-11-23(30)25(22)26-19(27(37-33-26)14-1-2-14)6-5-18-20-12-34(13-21(18)20)17-4-3-15-8-24(28(35)36)32-9-16(15)7-17/h3-11,14,18,20-21H,1-2,12-13H2,(H,35,36). The number of aromatic carboxylic acids is 1. The van der Waals surface area contributed by atoms with Crippen molar-refractivity contribution < 1.29 is 14.4 Å². The molecule has 37 heavy (non-hydrogen) atoms. The SMILES string of the molecule is O=C(O)c1cc2ccc(N3CC4C(C=Cc5c(-c6c(Cl)cncc6Cl)noc5C5CC5)C4C3)cc2cn1. The van der Waals surface area contributed by atoms with Crippen molar-refractivity contribution in [1.29, 1.82) is 0 Å². The molecular weight excluding hydrogens is 511 g/mol. The first-order valence-corrected chi connectivity index (χ1v) is 13.1. The van der Waals surface area contributed by atoms with Gasteiger partial charge in [-0.1, -0.05) is 46.6 Å². The molecule has 4 aromatic rings. The summed E-state index contributed by atoms with van der Waals surface area (Å²) >= 11 is 12.9. The molecule has 7 rings (SSSR count). The van der Waals surface area contributed by atoms with E-state index in [0.29, 0.717) is 45.0 Å². The summed E-state index contributed by atoms with van der Waals surface area (Å²) in [5.74, 6) is 2.01. The summed E-state index contributed by atoms with van der Waals surface area (Å²) in [6.07, 6.45) is 11.5. The van der Waals surface area contributed by atoms with Gasteiger partial charge < -0.3 is 14.5 Å². The van der Waals surface area contributed by atoms with Gasteiger partial charge in [0.15, 0.2) is 0 Å². The van der Waals surface area contributed by atoms with Gasteiger partial charge in [-0.15, -0.1) is 0 Å². The van der Waals surface area contributed by atoms with E-state index in [1.165, 1.54) is 0 Å². The first kappa shape index (κ1) is 22.8. The number of anilines is 1. The molecule has 2 atom stereocenters. The highest BCUT2D eigenvalue weighted by Crippen LogP contribution is 2.54. The Kier molecular flexibility index (Phi) is 5.27. The summed E-state index contributed by atoms with van der Waals surface area (Å²) < 4.78 is 5.78. The van der Waals surface area contributed by atoms with Crippen LogP contribution in [0.4, 0.5) is 5.69 Å². The second kappa shape index (κ2) is 8.57. The minimum absolute atomic E-state index is 0.0617. The average Bonchev–Trinajstić information content (AvgIpc) is 3.75. The van der Waals surface area contributed by atoms with E-state index in [1.54, 1.807) is 24.7 Å². The summed E-state index contributed by atoms with van der Waals surface area (Å²) in [5.41, 5.74) is 3.52. The fourth-order valence-electron chi connectivity index (χ4n) is 5.65. The number of halogens is 2. The van der Waals surface area contributed by atoms with Crippen LogP contribution in [0.1, 0.15) is 40.6 Å². The van der Waals surface area contributed by atoms with Crippen molar-refractivity contribution in [2.24, 2.45) is 17.8 Å². The van der Waals surface area contributed by atoms with Gasteiger partial charge in [0.1, 0.15) is 17.1 Å². The minimum Gasteiger partial charge on any atom is -0.477 e. The molecule has 2 saturated carbocycles. The maximum atomic E-state index is 11.2. The van der Waals surface area contributed by atoms with Crippen LogP contribution < -0.4 is 4.90 Å². The van der Waals surface area contributed by atoms with Gasteiger partial charge in [0, 0.05) is 59.8 Å². The molecule has 3 aliphatic rings. The number of hydrogen-bond acceptors (Lipinski definition) is 6. The molecule has 7 nitrogen and oxygen atoms in total. The third kappa shape index (κ3) is 3.97. The molecular formula is C28H22Cl2N4O3. The first-order chi connectivity index (χ1) is 18.0. The van der Waals surface area contributed by atoms with Crippen molar-refractivity contribution in [1.82, 2.24) is 15.1 Å². The van der Waals surface area contributed by atoms with Crippen LogP contribution in [-0.4, -0.2) is 39.3 Å². The van der Waals surface area contributed by atoms with Crippen molar-refractivity contribution >= 4 is 51.7 Å². The zero-order chi connectivity index (χ0) is 25.3. The van der Waals surface area contributed by atoms with Crippen molar-refractivity contribution in [2.45, 2.75) is 18.8 Å². The van der Waals surface area contributed by atoms with Crippen LogP contribution in [0, 0.1) is 17.8 Å². The number of benzene rings is 1. The van der Waals surface area contributed by atoms with Crippen molar-refractivity contribution in [3.05, 3.63) is 76.0 Å². The molecule has 3 aromatic heterocycles. The topological polar surface area (TPSA) is 92.3 Å². The number of carboxylic acids is 1. The Balaban J connectivity index is 1.09. The number of carbonyl (C=O) groups is 1. The van der Waals surface area contributed by atoms with Crippen LogP contribution >= 0.6 is 23.2 Å². The third-order valence-electron chi connectivity index (χ3n) is 7.83. The highest BCUT2D eigenvalue weighted by atomic mass is 35.5. The number of fused-ring (bicyclic) bond motifs is 2. The monoisotopic (exact) mass is 532 g/mol. The number of aromatic nitrogens is 3. The quantitative estimate of drug-likeness (QED) is 0.300. The molecule has 186 valence electrons. The van der Waals surface area contributed by atoms with Crippen LogP contribution in [0.3, 0.4) is 0 Å². The number of allylic oxidation sites excluding steroid dienone is 1. The molecule has 4 heterocycles. The lowest BCUT2D eigenvalue weighted by Crippen LogP contribution is -2.23. The minimum atomic E-state index is -1.01. The third-order valence-corrected chi connectivity index (χ3v) is 8.40. The lowest BCUT2D eigenvalue weighted by atomic mass is 10.0. The number of rotatable bonds is 6. The second-order valence-electron chi connectivity index (χ2n) is 10.1. The van der Waals surface area contributed by atoms with E-state index < -0.39 is 5.97 Å². The fourth-order valence-corrected chi connectivity index (χ4v) is 6.19. The van der Waals surface area contributed by atoms with Gasteiger partial charge in [-0.2, -0.15) is 0 Å². The molecule has 3 fully saturated rings. The Labute approximate surface area is 222 Å². The Hall–Kier alpha value is -3.42. The maximum Gasteiger partial charge on any atom is 0.354 e. The van der Waals surface area contributed by atoms with Gasteiger partial charge in [-0.05, 0) is 54.2 Å². The summed E-state index contributed by atoms with van der Waals surface area (Å²) in [7, 11) is 0. The lowest BCUT2D eigenvalue weighted by Gasteiger charge is -2.22. The molecule has 0 radical (unpaired) electrons. The Morgan fingerprint density at radius 1 is 1.05 bits per heavy atom. The van der Waals surface area contributed by atoms with Gasteiger partial charge in [0.2, 0.25) is 0 Å². The predicted octanol–water partition coefficient (Wildman–Crippen LogP) is 6.56. The summed E-state index contributed by atoms with van der Waals surface area (Å²) in [4.78, 5) is 21.7. The molecule has 0 bridgehead atoms. The zero-order valence-electron chi connectivity index (χ0n) is 19.6. The highest BCUT2D eigenvalue weighted by Gasteiger charge is 2.54. The van der Waals surface area contributed by atoms with Crippen LogP contribution in [0.25, 0.3) is 28.1 Å². The zero-order valence-corrected chi connectivity index (χ0v) is 21.2. The van der Waals surface area contributed by atoms with Gasteiger partial charge in [-0.25, -0.2) is 9.78 Å². The van der Waals surface area contributed by atoms with E-state index in [1.807, 2.05) is 6.07 Å². The molecule has 2 unspecified atom stereocenters. The van der Waals surface area contributed by atoms with Crippen molar-refractivity contribution in [3.8, 4) is 11.3 Å². The van der Waals surface area contributed by atoms with Crippen LogP contribution in [0.15, 0.2) is 53.5 Å². The fraction of sp³-hybridized carbons (Fsp3) is 0.286. The number of nitrogens with zero attached hydrogens (tertiary/aromatic N) is 4. The van der Waals surface area contributed by atoms with Gasteiger partial charge >= 0.3 is 5.97 Å². The molecule has 0 amide bonds. The van der Waals surface area contributed by atoms with E-state index >= 15 is 0 Å². The van der Waals surface area contributed by atoms with Gasteiger partial charge in [-0.3, -0.25) is 4.98 Å². The van der Waals surface area contributed by atoms with Crippen LogP contribution in [-0.2, 0) is 0 Å². The summed E-state index contributed by atoms with van der Waals surface area (Å²) in [6.45, 7) is 1.97. The van der Waals surface area contributed by atoms with Crippen LogP contribution in [0.2, 0.25) is 10.0 Å². The first-order valence-electron chi connectivity index (χ1n) is 12.3. The smallest absolute Gasteiger partial charge is 0.354 e. The van der Waals surface area contributed by atoms with E-state index in [0.717, 1.165) is 53.7 Å². The van der Waals surface area contributed by atoms with Crippen LogP contribution in [0.5, 0.6) is 0 Å². The van der Waals surface area contributed by atoms with Gasteiger partial charge in [0.05, 0.1) is 10.0 Å². The molecule has 1 N–H and O–H groups in total. The number of carboxylic acid groups (broad SMARTS) is 1. The largest absolute Gasteiger partial charge is 0.477 e. The van der Waals surface area contributed by atoms with Gasteiger partial charge in [0.25, 0.3) is 0 Å². The van der Waals surface area contributed by atoms with E-state index in [-0.39, 0.29) is 5.69 Å². The summed E-state index contributed by atoms with van der Waals surface area (Å²) in [6, 6.07) is 7.75. The Bertz CT molecular complexity index is 1560. The Morgan fingerprint density at radius 3 is 2.51 bits per heavy atom. The highest BCUT2D eigenvalue weighted by molar-refractivity contribution is 6.39. The molecule has 1 aliphatic heterocycles. The number of piperidine rings is 1. The molecule has 9 heteroatoms. The Morgan fingerprint density at radius 2 is 1.81 bits per heavy atom. The average molecular weight is 533 g/mol. The molecule has 0 spiro atoms. The lowest BCUT2D eigenvalue weighted by molar-refractivity contribution is 0.0690. The second-order valence-corrected chi connectivity index (χ2v) is 11.0. The van der Waals surface area contributed by atoms with Crippen molar-refractivity contribution in [3.63, 3.8) is 0 Å². The summed E-state index contributed by atoms with van der Waals surface area (Å²) in [5, 5.41) is 16.3. The van der Waals surface area contributed by atoms with E-state index in [9.17, 15) is 9.90 Å². The van der Waals surface area contributed by atoms with E-state index in [4.69, 9.17) is 27.7 Å². The number of pyridine rings is 2. The van der Waals surface area contributed by atoms with E-state index in [2.05, 4.69) is 44.3 Å². The van der Waals surface area contributed by atoms with Crippen molar-refractivity contribution in [2.75, 3.05) is 18.0 Å². The molecule has 1 saturated heterocycles. The number of hydrogen-bond donors (Lipinski definition) is 1. The maximum absolute atomic E-state index is 11.2. The normalized spacial score (nSPS) is 22.6. The molecule has 2 aliphatic carbocycles. The molecule has 1 aromatic carbocycles.